The fourth-order valence-electron chi connectivity index (χ4n) is 2.75. The zero-order valence-corrected chi connectivity index (χ0v) is 12.7. The maximum atomic E-state index is 9.10. The molecule has 0 heterocycles. The van der Waals surface area contributed by atoms with Crippen LogP contribution >= 0.6 is 0 Å². The molecule has 1 fully saturated rings. The van der Waals surface area contributed by atoms with Gasteiger partial charge in [0.05, 0.1) is 0 Å². The minimum Gasteiger partial charge on any atom is -0.473 e. The summed E-state index contributed by atoms with van der Waals surface area (Å²) in [6.07, 6.45) is 5.09. The molecule has 0 amide bonds. The van der Waals surface area contributed by atoms with Gasteiger partial charge in [-0.1, -0.05) is 12.1 Å². The van der Waals surface area contributed by atoms with Gasteiger partial charge in [0.1, 0.15) is 0 Å². The Balaban J connectivity index is 0.000000346. The molecule has 0 aliphatic heterocycles. The first-order chi connectivity index (χ1) is 10.3. The van der Waals surface area contributed by atoms with Gasteiger partial charge in [0.25, 0.3) is 0 Å². The SMILES string of the molecule is CC(N)C1CCC(c2ccc(N)cc2)CC1.O=C(O)C(=O)O. The molecule has 0 spiro atoms. The second kappa shape index (κ2) is 8.38. The van der Waals surface area contributed by atoms with Gasteiger partial charge in [-0.15, -0.1) is 0 Å². The third-order valence-corrected chi connectivity index (χ3v) is 4.11. The largest absolute Gasteiger partial charge is 0.473 e. The van der Waals surface area contributed by atoms with Crippen molar-refractivity contribution in [2.45, 2.75) is 44.6 Å². The molecule has 0 radical (unpaired) electrons. The van der Waals surface area contributed by atoms with E-state index >= 15 is 0 Å². The van der Waals surface area contributed by atoms with Gasteiger partial charge < -0.3 is 21.7 Å². The summed E-state index contributed by atoms with van der Waals surface area (Å²) in [4.78, 5) is 18.2. The highest BCUT2D eigenvalue weighted by Gasteiger charge is 2.24. The maximum absolute atomic E-state index is 9.10. The number of hydrogen-bond donors (Lipinski definition) is 4. The fourth-order valence-corrected chi connectivity index (χ4v) is 2.75. The molecule has 2 rings (SSSR count). The predicted octanol–water partition coefficient (Wildman–Crippen LogP) is 2.05. The Bertz CT molecular complexity index is 479. The third kappa shape index (κ3) is 5.73. The molecule has 6 N–H and O–H groups in total. The summed E-state index contributed by atoms with van der Waals surface area (Å²) >= 11 is 0. The van der Waals surface area contributed by atoms with Crippen LogP contribution in [-0.2, 0) is 9.59 Å². The van der Waals surface area contributed by atoms with Crippen molar-refractivity contribution in [1.29, 1.82) is 0 Å². The number of carboxylic acid groups (broad SMARTS) is 2. The lowest BCUT2D eigenvalue weighted by atomic mass is 9.76. The lowest BCUT2D eigenvalue weighted by molar-refractivity contribution is -0.159. The van der Waals surface area contributed by atoms with Crippen molar-refractivity contribution < 1.29 is 19.8 Å². The van der Waals surface area contributed by atoms with Crippen molar-refractivity contribution in [3.63, 3.8) is 0 Å². The van der Waals surface area contributed by atoms with Crippen molar-refractivity contribution in [2.75, 3.05) is 5.73 Å². The van der Waals surface area contributed by atoms with Crippen LogP contribution in [-0.4, -0.2) is 28.2 Å². The van der Waals surface area contributed by atoms with Crippen LogP contribution in [0, 0.1) is 5.92 Å². The van der Waals surface area contributed by atoms with Gasteiger partial charge in [-0.2, -0.15) is 0 Å². The van der Waals surface area contributed by atoms with Gasteiger partial charge in [-0.05, 0) is 62.1 Å². The Morgan fingerprint density at radius 2 is 1.50 bits per heavy atom. The lowest BCUT2D eigenvalue weighted by Gasteiger charge is -2.31. The van der Waals surface area contributed by atoms with Gasteiger partial charge in [-0.25, -0.2) is 9.59 Å². The summed E-state index contributed by atoms with van der Waals surface area (Å²) in [6, 6.07) is 8.71. The molecule has 6 heteroatoms. The van der Waals surface area contributed by atoms with Crippen LogP contribution in [0.25, 0.3) is 0 Å². The summed E-state index contributed by atoms with van der Waals surface area (Å²) in [5.74, 6) is -2.20. The fraction of sp³-hybridized carbons (Fsp3) is 0.500. The van der Waals surface area contributed by atoms with E-state index in [2.05, 4.69) is 19.1 Å². The molecule has 1 aromatic rings. The number of benzene rings is 1. The number of aliphatic carboxylic acids is 2. The standard InChI is InChI=1S/C14H22N2.C2H2O4/c1-10(15)11-2-4-12(5-3-11)13-6-8-14(16)9-7-13;3-1(4)2(5)6/h6-12H,2-5,15-16H2,1H3;(H,3,4)(H,5,6). The van der Waals surface area contributed by atoms with Crippen LogP contribution in [0.1, 0.15) is 44.1 Å². The summed E-state index contributed by atoms with van der Waals surface area (Å²) in [5, 5.41) is 14.8. The number of carbonyl (C=O) groups is 2. The first-order valence-corrected chi connectivity index (χ1v) is 7.38. The molecule has 1 aromatic carbocycles. The quantitative estimate of drug-likeness (QED) is 0.489. The number of nitrogens with two attached hydrogens (primary N) is 2. The minimum absolute atomic E-state index is 0.354. The van der Waals surface area contributed by atoms with Gasteiger partial charge in [0, 0.05) is 11.7 Å². The summed E-state index contributed by atoms with van der Waals surface area (Å²) in [6.45, 7) is 2.13. The number of hydrogen-bond acceptors (Lipinski definition) is 4. The first-order valence-electron chi connectivity index (χ1n) is 7.38. The van der Waals surface area contributed by atoms with E-state index in [1.54, 1.807) is 0 Å². The van der Waals surface area contributed by atoms with Gasteiger partial charge in [0.2, 0.25) is 0 Å². The van der Waals surface area contributed by atoms with Crippen molar-refractivity contribution in [1.82, 2.24) is 0 Å². The number of anilines is 1. The Morgan fingerprint density at radius 3 is 1.86 bits per heavy atom. The summed E-state index contributed by atoms with van der Waals surface area (Å²) in [7, 11) is 0. The minimum atomic E-state index is -1.82. The highest BCUT2D eigenvalue weighted by atomic mass is 16.4. The molecule has 0 bridgehead atoms. The normalized spacial score (nSPS) is 22.1. The van der Waals surface area contributed by atoms with Gasteiger partial charge in [0.15, 0.2) is 0 Å². The van der Waals surface area contributed by atoms with Crippen molar-refractivity contribution in [2.24, 2.45) is 11.7 Å². The zero-order chi connectivity index (χ0) is 16.7. The van der Waals surface area contributed by atoms with E-state index in [0.29, 0.717) is 6.04 Å². The second-order valence-electron chi connectivity index (χ2n) is 5.75. The van der Waals surface area contributed by atoms with Crippen LogP contribution in [0.5, 0.6) is 0 Å². The highest BCUT2D eigenvalue weighted by molar-refractivity contribution is 6.27. The monoisotopic (exact) mass is 308 g/mol. The Hall–Kier alpha value is -2.08. The molecule has 22 heavy (non-hydrogen) atoms. The average molecular weight is 308 g/mol. The molecular weight excluding hydrogens is 284 g/mol. The molecule has 1 atom stereocenters. The van der Waals surface area contributed by atoms with E-state index in [1.807, 2.05) is 12.1 Å². The van der Waals surface area contributed by atoms with Crippen LogP contribution in [0.3, 0.4) is 0 Å². The average Bonchev–Trinajstić information content (AvgIpc) is 2.48. The number of carboxylic acids is 2. The lowest BCUT2D eigenvalue weighted by Crippen LogP contribution is -2.29. The maximum Gasteiger partial charge on any atom is 0.414 e. The molecule has 1 aliphatic rings. The molecule has 122 valence electrons. The van der Waals surface area contributed by atoms with E-state index in [-0.39, 0.29) is 0 Å². The molecule has 1 saturated carbocycles. The van der Waals surface area contributed by atoms with E-state index < -0.39 is 11.9 Å². The Kier molecular flexibility index (Phi) is 6.85. The second-order valence-corrected chi connectivity index (χ2v) is 5.75. The molecule has 6 nitrogen and oxygen atoms in total. The smallest absolute Gasteiger partial charge is 0.414 e. The van der Waals surface area contributed by atoms with Crippen LogP contribution < -0.4 is 11.5 Å². The topological polar surface area (TPSA) is 127 Å². The van der Waals surface area contributed by atoms with Crippen LogP contribution in [0.15, 0.2) is 24.3 Å². The van der Waals surface area contributed by atoms with Crippen molar-refractivity contribution >= 4 is 17.6 Å². The Labute approximate surface area is 130 Å². The number of rotatable bonds is 2. The third-order valence-electron chi connectivity index (χ3n) is 4.11. The summed E-state index contributed by atoms with van der Waals surface area (Å²) < 4.78 is 0. The van der Waals surface area contributed by atoms with E-state index in [0.717, 1.165) is 17.5 Å². The highest BCUT2D eigenvalue weighted by Crippen LogP contribution is 2.36. The van der Waals surface area contributed by atoms with Crippen molar-refractivity contribution in [3.8, 4) is 0 Å². The molecular formula is C16H24N2O4. The number of nitrogen functional groups attached to an aromatic ring is 1. The van der Waals surface area contributed by atoms with Crippen LogP contribution in [0.4, 0.5) is 5.69 Å². The molecule has 1 aliphatic carbocycles. The van der Waals surface area contributed by atoms with E-state index in [1.165, 1.54) is 31.2 Å². The molecule has 1 unspecified atom stereocenters. The summed E-state index contributed by atoms with van der Waals surface area (Å²) in [5.41, 5.74) is 14.0. The van der Waals surface area contributed by atoms with Crippen molar-refractivity contribution in [3.05, 3.63) is 29.8 Å². The van der Waals surface area contributed by atoms with Gasteiger partial charge >= 0.3 is 11.9 Å². The zero-order valence-electron chi connectivity index (χ0n) is 12.7. The molecule has 0 saturated heterocycles. The first kappa shape index (κ1) is 18.0. The Morgan fingerprint density at radius 1 is 1.05 bits per heavy atom. The predicted molar refractivity (Wildman–Crippen MR) is 84.5 cm³/mol. The van der Waals surface area contributed by atoms with Crippen LogP contribution in [0.2, 0.25) is 0 Å². The van der Waals surface area contributed by atoms with E-state index in [4.69, 9.17) is 31.3 Å². The molecule has 0 aromatic heterocycles. The van der Waals surface area contributed by atoms with E-state index in [9.17, 15) is 0 Å². The van der Waals surface area contributed by atoms with Gasteiger partial charge in [-0.3, -0.25) is 0 Å².